The van der Waals surface area contributed by atoms with Gasteiger partial charge >= 0.3 is 6.03 Å². The van der Waals surface area contributed by atoms with Gasteiger partial charge in [-0.1, -0.05) is 16.6 Å². The number of amides is 2. The largest absolute Gasteiger partial charge is 0.350 e. The average Bonchev–Trinajstić information content (AvgIpc) is 2.27. The number of hydrogen-bond acceptors (Lipinski definition) is 1. The van der Waals surface area contributed by atoms with Gasteiger partial charge in [0.25, 0.3) is 6.43 Å². The Labute approximate surface area is 84.4 Å². The van der Waals surface area contributed by atoms with Gasteiger partial charge in [0.05, 0.1) is 5.69 Å². The molecule has 0 bridgehead atoms. The number of urea groups is 1. The summed E-state index contributed by atoms with van der Waals surface area (Å²) in [6, 6.07) is 3.39. The van der Waals surface area contributed by atoms with Crippen molar-refractivity contribution in [3.63, 3.8) is 0 Å². The van der Waals surface area contributed by atoms with Crippen LogP contribution in [0.25, 0.3) is 0 Å². The highest BCUT2D eigenvalue weighted by atomic mass is 19.3. The van der Waals surface area contributed by atoms with Gasteiger partial charge < -0.3 is 5.32 Å². The van der Waals surface area contributed by atoms with Crippen molar-refractivity contribution in [3.05, 3.63) is 29.8 Å². The van der Waals surface area contributed by atoms with E-state index in [0.29, 0.717) is 0 Å². The second-order valence-electron chi connectivity index (χ2n) is 2.73. The van der Waals surface area contributed by atoms with Gasteiger partial charge in [-0.3, -0.25) is 0 Å². The van der Waals surface area contributed by atoms with Crippen LogP contribution in [0.1, 0.15) is 12.0 Å². The highest BCUT2D eigenvalue weighted by molar-refractivity contribution is 5.89. The second-order valence-corrected chi connectivity index (χ2v) is 2.73. The van der Waals surface area contributed by atoms with Crippen LogP contribution in [0.5, 0.6) is 0 Å². The molecule has 0 atom stereocenters. The first-order valence-corrected chi connectivity index (χ1v) is 4.12. The molecule has 3 nitrogen and oxygen atoms in total. The Morgan fingerprint density at radius 3 is 2.27 bits per heavy atom. The third-order valence-electron chi connectivity index (χ3n) is 1.76. The maximum atomic E-state index is 13.1. The zero-order valence-corrected chi connectivity index (χ0v) is 7.88. The van der Waals surface area contributed by atoms with E-state index in [-0.39, 0.29) is 16.4 Å². The molecule has 0 radical (unpaired) electrons. The van der Waals surface area contributed by atoms with Gasteiger partial charge in [0.15, 0.2) is 0 Å². The first-order chi connectivity index (χ1) is 7.06. The highest BCUT2D eigenvalue weighted by Crippen LogP contribution is 2.22. The number of nitrogens with one attached hydrogen (secondary N) is 1. The first-order valence-electron chi connectivity index (χ1n) is 4.12. The van der Waals surface area contributed by atoms with E-state index in [9.17, 15) is 18.1 Å². The molecule has 0 aliphatic rings. The van der Waals surface area contributed by atoms with E-state index in [1.165, 1.54) is 7.05 Å². The topological polar surface area (TPSA) is 32.3 Å². The van der Waals surface area contributed by atoms with Gasteiger partial charge in [0, 0.05) is 12.6 Å². The first kappa shape index (κ1) is 11.4. The number of rotatable bonds is 2. The number of anilines is 1. The quantitative estimate of drug-likeness (QED) is 0.760. The van der Waals surface area contributed by atoms with Crippen LogP contribution in [0, 0.1) is 0 Å². The number of carbonyl (C=O) groups excluding carboxylic acids is 1. The fraction of sp³-hybridized carbons (Fsp3) is 0.222. The summed E-state index contributed by atoms with van der Waals surface area (Å²) in [4.78, 5) is 10.8. The van der Waals surface area contributed by atoms with Crippen molar-refractivity contribution in [1.29, 1.82) is 0 Å². The summed E-state index contributed by atoms with van der Waals surface area (Å²) < 4.78 is 37.4. The summed E-state index contributed by atoms with van der Waals surface area (Å²) in [5.74, 6) is 0. The van der Waals surface area contributed by atoms with Gasteiger partial charge in [-0.15, -0.1) is 5.12 Å². The summed E-state index contributed by atoms with van der Waals surface area (Å²) in [5.41, 5.74) is -0.317. The van der Waals surface area contributed by atoms with Crippen molar-refractivity contribution in [2.24, 2.45) is 0 Å². The third kappa shape index (κ3) is 2.61. The lowest BCUT2D eigenvalue weighted by Crippen LogP contribution is -2.31. The summed E-state index contributed by atoms with van der Waals surface area (Å²) in [7, 11) is 1.27. The molecule has 0 aliphatic heterocycles. The van der Waals surface area contributed by atoms with Crippen LogP contribution >= 0.6 is 0 Å². The Morgan fingerprint density at radius 2 is 1.87 bits per heavy atom. The minimum Gasteiger partial charge on any atom is -0.339 e. The van der Waals surface area contributed by atoms with E-state index < -0.39 is 12.5 Å². The molecule has 0 spiro atoms. The van der Waals surface area contributed by atoms with Crippen molar-refractivity contribution in [3.8, 4) is 0 Å². The van der Waals surface area contributed by atoms with Crippen LogP contribution in [0.15, 0.2) is 24.3 Å². The van der Waals surface area contributed by atoms with Gasteiger partial charge in [0.1, 0.15) is 0 Å². The predicted molar refractivity (Wildman–Crippen MR) is 49.4 cm³/mol. The third-order valence-corrected chi connectivity index (χ3v) is 1.76. The molecule has 0 unspecified atom stereocenters. The maximum Gasteiger partial charge on any atom is 0.350 e. The lowest BCUT2D eigenvalue weighted by Gasteiger charge is -2.11. The Morgan fingerprint density at radius 1 is 1.33 bits per heavy atom. The Kier molecular flexibility index (Phi) is 3.54. The van der Waals surface area contributed by atoms with E-state index in [1.807, 2.05) is 0 Å². The summed E-state index contributed by atoms with van der Waals surface area (Å²) in [6.45, 7) is 0. The van der Waals surface area contributed by atoms with E-state index in [4.69, 9.17) is 0 Å². The predicted octanol–water partition coefficient (Wildman–Crippen LogP) is 2.65. The number of carbonyl (C=O) groups is 1. The van der Waals surface area contributed by atoms with Crippen molar-refractivity contribution >= 4 is 11.7 Å². The summed E-state index contributed by atoms with van der Waals surface area (Å²) in [5, 5.41) is 1.91. The molecule has 0 aliphatic carbocycles. The van der Waals surface area contributed by atoms with Crippen LogP contribution in [0.4, 0.5) is 23.7 Å². The number of halogens is 3. The number of nitrogens with zero attached hydrogens (tertiary/aromatic N) is 1. The molecule has 0 saturated heterocycles. The fourth-order valence-electron chi connectivity index (χ4n) is 0.966. The van der Waals surface area contributed by atoms with Gasteiger partial charge in [-0.05, 0) is 12.1 Å². The number of benzene rings is 1. The Hall–Kier alpha value is -1.72. The van der Waals surface area contributed by atoms with E-state index in [2.05, 4.69) is 5.32 Å². The smallest absolute Gasteiger partial charge is 0.339 e. The van der Waals surface area contributed by atoms with Gasteiger partial charge in [-0.2, -0.15) is 0 Å². The molecule has 1 aromatic rings. The fourth-order valence-corrected chi connectivity index (χ4v) is 0.966. The zero-order valence-electron chi connectivity index (χ0n) is 7.88. The van der Waals surface area contributed by atoms with Crippen LogP contribution < -0.4 is 10.4 Å². The monoisotopic (exact) mass is 218 g/mol. The SMILES string of the molecule is CNC(=O)N(F)c1ccc(C(F)F)cc1. The molecule has 6 heteroatoms. The molecule has 15 heavy (non-hydrogen) atoms. The number of alkyl halides is 2. The van der Waals surface area contributed by atoms with Crippen molar-refractivity contribution in [2.75, 3.05) is 12.2 Å². The minimum absolute atomic E-state index is 0.0984. The second kappa shape index (κ2) is 4.68. The average molecular weight is 218 g/mol. The normalized spacial score (nSPS) is 10.2. The van der Waals surface area contributed by atoms with Crippen LogP contribution in [-0.4, -0.2) is 13.1 Å². The number of hydrogen-bond donors (Lipinski definition) is 1. The molecule has 2 amide bonds. The van der Waals surface area contributed by atoms with Crippen molar-refractivity contribution in [1.82, 2.24) is 5.32 Å². The molecular formula is C9H9F3N2O. The Bertz CT molecular complexity index is 340. The molecule has 1 N–H and O–H groups in total. The van der Waals surface area contributed by atoms with Gasteiger partial charge in [-0.25, -0.2) is 13.6 Å². The van der Waals surface area contributed by atoms with Crippen LogP contribution in [-0.2, 0) is 0 Å². The lowest BCUT2D eigenvalue weighted by molar-refractivity contribution is 0.151. The van der Waals surface area contributed by atoms with E-state index in [1.54, 1.807) is 0 Å². The van der Waals surface area contributed by atoms with E-state index in [0.717, 1.165) is 24.3 Å². The van der Waals surface area contributed by atoms with E-state index >= 15 is 0 Å². The Balaban J connectivity index is 2.84. The van der Waals surface area contributed by atoms with Crippen LogP contribution in [0.3, 0.4) is 0 Å². The summed E-state index contributed by atoms with van der Waals surface area (Å²) in [6.07, 6.45) is -2.60. The molecule has 1 aromatic carbocycles. The van der Waals surface area contributed by atoms with Gasteiger partial charge in [0.2, 0.25) is 0 Å². The standard InChI is InChI=1S/C9H9F3N2O/c1-13-9(15)14(12)7-4-2-6(3-5-7)8(10)11/h2-5,8H,1H3,(H,13,15). The maximum absolute atomic E-state index is 13.1. The minimum atomic E-state index is -2.60. The van der Waals surface area contributed by atoms with Crippen LogP contribution in [0.2, 0.25) is 0 Å². The molecule has 0 heterocycles. The molecule has 0 fully saturated rings. The zero-order chi connectivity index (χ0) is 11.4. The molecule has 0 aromatic heterocycles. The molecule has 82 valence electrons. The lowest BCUT2D eigenvalue weighted by atomic mass is 10.2. The molecule has 1 rings (SSSR count). The molecule has 0 saturated carbocycles. The van der Waals surface area contributed by atoms with Crippen molar-refractivity contribution in [2.45, 2.75) is 6.43 Å². The highest BCUT2D eigenvalue weighted by Gasteiger charge is 2.14. The summed E-state index contributed by atoms with van der Waals surface area (Å²) >= 11 is 0. The van der Waals surface area contributed by atoms with Crippen molar-refractivity contribution < 1.29 is 18.1 Å². The molecular weight excluding hydrogens is 209 g/mol.